The Bertz CT molecular complexity index is 530. The van der Waals surface area contributed by atoms with E-state index in [2.05, 4.69) is 5.32 Å². The van der Waals surface area contributed by atoms with Gasteiger partial charge >= 0.3 is 12.0 Å². The fourth-order valence-electron chi connectivity index (χ4n) is 1.54. The van der Waals surface area contributed by atoms with E-state index in [9.17, 15) is 14.4 Å². The van der Waals surface area contributed by atoms with Gasteiger partial charge in [0.25, 0.3) is 0 Å². The maximum absolute atomic E-state index is 11.9. The molecular weight excluding hydrogens is 262 g/mol. The lowest BCUT2D eigenvalue weighted by atomic mass is 10.2. The second-order valence-electron chi connectivity index (χ2n) is 4.50. The molecule has 0 fully saturated rings. The van der Waals surface area contributed by atoms with Crippen molar-refractivity contribution in [2.24, 2.45) is 11.7 Å². The summed E-state index contributed by atoms with van der Waals surface area (Å²) in [6.45, 7) is 1.59. The van der Waals surface area contributed by atoms with Crippen molar-refractivity contribution in [2.75, 3.05) is 18.9 Å². The summed E-state index contributed by atoms with van der Waals surface area (Å²) in [4.78, 5) is 34.9. The van der Waals surface area contributed by atoms with Gasteiger partial charge in [-0.05, 0) is 18.2 Å². The Morgan fingerprint density at radius 1 is 1.40 bits per heavy atom. The molecule has 1 unspecified atom stereocenters. The minimum Gasteiger partial charge on any atom is -0.481 e. The number of nitrogens with two attached hydrogens (primary N) is 1. The number of hydrogen-bond acceptors (Lipinski definition) is 3. The van der Waals surface area contributed by atoms with E-state index < -0.39 is 23.8 Å². The average Bonchev–Trinajstić information content (AvgIpc) is 2.38. The molecule has 7 heteroatoms. The maximum Gasteiger partial charge on any atom is 0.321 e. The zero-order valence-electron chi connectivity index (χ0n) is 11.3. The summed E-state index contributed by atoms with van der Waals surface area (Å²) in [6, 6.07) is 5.73. The molecule has 3 amide bonds. The number of carboxylic acids is 1. The minimum absolute atomic E-state index is 0.0800. The molecule has 0 aliphatic carbocycles. The molecule has 0 saturated heterocycles. The highest BCUT2D eigenvalue weighted by molar-refractivity contribution is 5.95. The molecule has 0 radical (unpaired) electrons. The van der Waals surface area contributed by atoms with Gasteiger partial charge in [-0.25, -0.2) is 4.79 Å². The van der Waals surface area contributed by atoms with Gasteiger partial charge in [0.2, 0.25) is 5.91 Å². The van der Waals surface area contributed by atoms with E-state index in [1.54, 1.807) is 12.1 Å². The van der Waals surface area contributed by atoms with Crippen molar-refractivity contribution < 1.29 is 19.5 Å². The van der Waals surface area contributed by atoms with Crippen LogP contribution in [0.25, 0.3) is 0 Å². The number of aliphatic carboxylic acids is 1. The quantitative estimate of drug-likeness (QED) is 0.745. The van der Waals surface area contributed by atoms with Crippen molar-refractivity contribution in [1.29, 1.82) is 0 Å². The highest BCUT2D eigenvalue weighted by Gasteiger charge is 2.17. The van der Waals surface area contributed by atoms with Crippen LogP contribution in [0.15, 0.2) is 24.3 Å². The van der Waals surface area contributed by atoms with Crippen LogP contribution in [0.1, 0.15) is 17.3 Å². The summed E-state index contributed by atoms with van der Waals surface area (Å²) in [5, 5.41) is 11.4. The van der Waals surface area contributed by atoms with E-state index in [1.807, 2.05) is 0 Å². The lowest BCUT2D eigenvalue weighted by molar-refractivity contribution is -0.141. The second-order valence-corrected chi connectivity index (χ2v) is 4.50. The van der Waals surface area contributed by atoms with Gasteiger partial charge in [0, 0.05) is 24.8 Å². The number of carbonyl (C=O) groups is 3. The number of amides is 3. The van der Waals surface area contributed by atoms with Gasteiger partial charge < -0.3 is 21.1 Å². The Kier molecular flexibility index (Phi) is 5.08. The zero-order chi connectivity index (χ0) is 15.3. The number of nitrogens with zero attached hydrogens (tertiary/aromatic N) is 1. The molecule has 1 aromatic rings. The van der Waals surface area contributed by atoms with Crippen molar-refractivity contribution in [3.05, 3.63) is 29.8 Å². The second kappa shape index (κ2) is 6.55. The molecule has 1 atom stereocenters. The molecule has 1 rings (SSSR count). The first-order chi connectivity index (χ1) is 9.31. The van der Waals surface area contributed by atoms with Gasteiger partial charge in [-0.3, -0.25) is 9.59 Å². The van der Waals surface area contributed by atoms with Gasteiger partial charge in [0.1, 0.15) is 0 Å². The predicted octanol–water partition coefficient (Wildman–Crippen LogP) is 0.970. The Morgan fingerprint density at radius 2 is 2.05 bits per heavy atom. The van der Waals surface area contributed by atoms with Gasteiger partial charge in [0.15, 0.2) is 0 Å². The third-order valence-corrected chi connectivity index (χ3v) is 2.71. The molecule has 0 saturated carbocycles. The Labute approximate surface area is 116 Å². The number of hydrogen-bond donors (Lipinski definition) is 3. The van der Waals surface area contributed by atoms with Crippen LogP contribution < -0.4 is 11.1 Å². The Hall–Kier alpha value is -2.57. The average molecular weight is 279 g/mol. The first-order valence-corrected chi connectivity index (χ1v) is 5.96. The van der Waals surface area contributed by atoms with E-state index in [4.69, 9.17) is 10.8 Å². The summed E-state index contributed by atoms with van der Waals surface area (Å²) >= 11 is 0. The summed E-state index contributed by atoms with van der Waals surface area (Å²) in [7, 11) is 1.49. The number of primary amides is 1. The first-order valence-electron chi connectivity index (χ1n) is 5.96. The van der Waals surface area contributed by atoms with Crippen LogP contribution in [0.2, 0.25) is 0 Å². The largest absolute Gasteiger partial charge is 0.481 e. The van der Waals surface area contributed by atoms with E-state index in [-0.39, 0.29) is 12.1 Å². The number of carboxylic acid groups (broad SMARTS) is 1. The van der Waals surface area contributed by atoms with Crippen LogP contribution >= 0.6 is 0 Å². The van der Waals surface area contributed by atoms with E-state index in [0.717, 1.165) is 0 Å². The molecule has 20 heavy (non-hydrogen) atoms. The molecule has 0 bridgehead atoms. The Morgan fingerprint density at radius 3 is 2.60 bits per heavy atom. The zero-order valence-corrected chi connectivity index (χ0v) is 11.3. The highest BCUT2D eigenvalue weighted by Crippen LogP contribution is 2.11. The topological polar surface area (TPSA) is 113 Å². The fourth-order valence-corrected chi connectivity index (χ4v) is 1.54. The van der Waals surface area contributed by atoms with Crippen molar-refractivity contribution in [1.82, 2.24) is 4.90 Å². The molecule has 0 aliphatic heterocycles. The van der Waals surface area contributed by atoms with Crippen LogP contribution in [0.5, 0.6) is 0 Å². The molecular formula is C13H17N3O4. The highest BCUT2D eigenvalue weighted by atomic mass is 16.4. The van der Waals surface area contributed by atoms with Crippen LogP contribution in [-0.4, -0.2) is 41.5 Å². The van der Waals surface area contributed by atoms with Crippen LogP contribution in [0, 0.1) is 5.92 Å². The molecule has 0 spiro atoms. The molecule has 0 heterocycles. The van der Waals surface area contributed by atoms with E-state index >= 15 is 0 Å². The monoisotopic (exact) mass is 279 g/mol. The maximum atomic E-state index is 11.9. The van der Waals surface area contributed by atoms with E-state index in [0.29, 0.717) is 5.69 Å². The summed E-state index contributed by atoms with van der Waals surface area (Å²) < 4.78 is 0. The minimum atomic E-state index is -0.972. The molecule has 4 N–H and O–H groups in total. The van der Waals surface area contributed by atoms with Gasteiger partial charge in [-0.1, -0.05) is 13.0 Å². The van der Waals surface area contributed by atoms with Crippen molar-refractivity contribution in [3.63, 3.8) is 0 Å². The van der Waals surface area contributed by atoms with Crippen molar-refractivity contribution >= 4 is 23.6 Å². The molecule has 0 aliphatic rings. The standard InChI is InChI=1S/C13H17N3O4/c1-8(12(18)19)7-16(2)13(20)15-10-5-3-4-9(6-10)11(14)17/h3-6,8H,7H2,1-2H3,(H2,14,17)(H,15,20)(H,18,19). The molecule has 1 aromatic carbocycles. The normalized spacial score (nSPS) is 11.5. The molecule has 0 aromatic heterocycles. The van der Waals surface area contributed by atoms with Crippen molar-refractivity contribution in [2.45, 2.75) is 6.92 Å². The molecule has 7 nitrogen and oxygen atoms in total. The summed E-state index contributed by atoms with van der Waals surface area (Å²) in [5.41, 5.74) is 5.84. The lowest BCUT2D eigenvalue weighted by Gasteiger charge is -2.20. The van der Waals surface area contributed by atoms with Crippen molar-refractivity contribution in [3.8, 4) is 0 Å². The lowest BCUT2D eigenvalue weighted by Crippen LogP contribution is -2.36. The first kappa shape index (κ1) is 15.5. The Balaban J connectivity index is 2.68. The summed E-state index contributed by atoms with van der Waals surface area (Å²) in [5.74, 6) is -2.22. The van der Waals surface area contributed by atoms with E-state index in [1.165, 1.54) is 31.0 Å². The number of rotatable bonds is 5. The predicted molar refractivity (Wildman–Crippen MR) is 73.4 cm³/mol. The summed E-state index contributed by atoms with van der Waals surface area (Å²) in [6.07, 6.45) is 0. The van der Waals surface area contributed by atoms with Gasteiger partial charge in [-0.2, -0.15) is 0 Å². The fraction of sp³-hybridized carbons (Fsp3) is 0.308. The smallest absolute Gasteiger partial charge is 0.321 e. The number of benzene rings is 1. The number of nitrogens with one attached hydrogen (secondary N) is 1. The molecule has 108 valence electrons. The SMILES string of the molecule is CC(CN(C)C(=O)Nc1cccc(C(N)=O)c1)C(=O)O. The number of anilines is 1. The third kappa shape index (κ3) is 4.27. The third-order valence-electron chi connectivity index (χ3n) is 2.71. The van der Waals surface area contributed by atoms with Gasteiger partial charge in [-0.15, -0.1) is 0 Å². The number of carbonyl (C=O) groups excluding carboxylic acids is 2. The van der Waals surface area contributed by atoms with Crippen LogP contribution in [-0.2, 0) is 4.79 Å². The van der Waals surface area contributed by atoms with Crippen LogP contribution in [0.3, 0.4) is 0 Å². The van der Waals surface area contributed by atoms with Gasteiger partial charge in [0.05, 0.1) is 5.92 Å². The van der Waals surface area contributed by atoms with Crippen LogP contribution in [0.4, 0.5) is 10.5 Å². The number of urea groups is 1.